The van der Waals surface area contributed by atoms with Crippen molar-refractivity contribution >= 4 is 28.8 Å². The molecule has 1 atom stereocenters. The van der Waals surface area contributed by atoms with Gasteiger partial charge in [-0.05, 0) is 55.3 Å². The van der Waals surface area contributed by atoms with Crippen LogP contribution in [0.1, 0.15) is 31.9 Å². The number of likely N-dealkylation sites (tertiary alicyclic amines) is 1. The molecule has 6 nitrogen and oxygen atoms in total. The second-order valence-electron chi connectivity index (χ2n) is 7.97. The van der Waals surface area contributed by atoms with Crippen LogP contribution in [0.15, 0.2) is 53.7 Å². The number of aryl methyl sites for hydroxylation is 1. The first-order valence-electron chi connectivity index (χ1n) is 10.5. The van der Waals surface area contributed by atoms with Crippen LogP contribution in [0.4, 0.5) is 0 Å². The molecule has 1 aromatic carbocycles. The highest BCUT2D eigenvalue weighted by Gasteiger charge is 2.27. The van der Waals surface area contributed by atoms with Gasteiger partial charge >= 0.3 is 0 Å². The van der Waals surface area contributed by atoms with Crippen LogP contribution in [-0.2, 0) is 11.3 Å². The van der Waals surface area contributed by atoms with Gasteiger partial charge in [0.1, 0.15) is 11.8 Å². The van der Waals surface area contributed by atoms with E-state index in [0.29, 0.717) is 24.6 Å². The Morgan fingerprint density at radius 3 is 2.90 bits per heavy atom. The second kappa shape index (κ2) is 9.41. The quantitative estimate of drug-likeness (QED) is 0.562. The number of aromatic nitrogens is 2. The molecular weight excluding hydrogens is 394 g/mol. The summed E-state index contributed by atoms with van der Waals surface area (Å²) < 4.78 is 5.35. The van der Waals surface area contributed by atoms with Crippen molar-refractivity contribution < 1.29 is 4.79 Å². The highest BCUT2D eigenvalue weighted by molar-refractivity contribution is 7.97. The van der Waals surface area contributed by atoms with Crippen molar-refractivity contribution in [1.29, 1.82) is 5.26 Å². The standard InChI is InChI=1S/C23H27N5OS/c1-17-8-12-28(13-9-17)23(29)21(10-14-27-11-4-5-18(27)15-24)26-30-22-16-25-20-7-3-2-6-19(20)22/h2-7,11,16-17,21,25-26H,8-10,12-14H2,1H3. The van der Waals surface area contributed by atoms with Crippen molar-refractivity contribution in [3.63, 3.8) is 0 Å². The Morgan fingerprint density at radius 1 is 1.30 bits per heavy atom. The molecule has 4 rings (SSSR count). The lowest BCUT2D eigenvalue weighted by atomic mass is 9.98. The van der Waals surface area contributed by atoms with E-state index in [1.807, 2.05) is 46.1 Å². The fraction of sp³-hybridized carbons (Fsp3) is 0.391. The van der Waals surface area contributed by atoms with Crippen molar-refractivity contribution in [2.45, 2.75) is 43.7 Å². The van der Waals surface area contributed by atoms with Crippen LogP contribution in [-0.4, -0.2) is 39.5 Å². The summed E-state index contributed by atoms with van der Waals surface area (Å²) in [7, 11) is 0. The van der Waals surface area contributed by atoms with Gasteiger partial charge in [-0.3, -0.25) is 4.79 Å². The van der Waals surface area contributed by atoms with E-state index in [1.165, 1.54) is 11.9 Å². The van der Waals surface area contributed by atoms with Gasteiger partial charge in [-0.2, -0.15) is 5.26 Å². The number of nitrogens with one attached hydrogen (secondary N) is 2. The Labute approximate surface area is 181 Å². The van der Waals surface area contributed by atoms with Crippen molar-refractivity contribution in [3.05, 3.63) is 54.5 Å². The molecule has 0 radical (unpaired) electrons. The van der Waals surface area contributed by atoms with E-state index in [-0.39, 0.29) is 11.9 Å². The van der Waals surface area contributed by atoms with E-state index in [9.17, 15) is 10.1 Å². The summed E-state index contributed by atoms with van der Waals surface area (Å²) >= 11 is 1.50. The Bertz CT molecular complexity index is 1040. The van der Waals surface area contributed by atoms with Gasteiger partial charge in [-0.25, -0.2) is 4.72 Å². The van der Waals surface area contributed by atoms with Gasteiger partial charge < -0.3 is 14.5 Å². The minimum atomic E-state index is -0.314. The Morgan fingerprint density at radius 2 is 2.10 bits per heavy atom. The molecule has 1 fully saturated rings. The van der Waals surface area contributed by atoms with Gasteiger partial charge in [-0.1, -0.05) is 25.1 Å². The predicted molar refractivity (Wildman–Crippen MR) is 120 cm³/mol. The summed E-state index contributed by atoms with van der Waals surface area (Å²) in [5.74, 6) is 0.832. The van der Waals surface area contributed by atoms with Gasteiger partial charge in [0.2, 0.25) is 5.91 Å². The molecule has 0 saturated carbocycles. The van der Waals surface area contributed by atoms with Crippen molar-refractivity contribution in [2.24, 2.45) is 5.92 Å². The van der Waals surface area contributed by atoms with Crippen LogP contribution in [0.2, 0.25) is 0 Å². The topological polar surface area (TPSA) is 76.8 Å². The molecule has 1 aliphatic heterocycles. The molecule has 0 bridgehead atoms. The highest BCUT2D eigenvalue weighted by Crippen LogP contribution is 2.27. The number of H-pyrrole nitrogens is 1. The summed E-state index contributed by atoms with van der Waals surface area (Å²) in [4.78, 5) is 19.7. The average Bonchev–Trinajstić information content (AvgIpc) is 3.40. The molecule has 1 unspecified atom stereocenters. The zero-order valence-electron chi connectivity index (χ0n) is 17.2. The summed E-state index contributed by atoms with van der Waals surface area (Å²) in [6, 6.07) is 13.7. The normalized spacial score (nSPS) is 15.9. The fourth-order valence-electron chi connectivity index (χ4n) is 3.92. The SMILES string of the molecule is CC1CCN(C(=O)C(CCn2cccc2C#N)NSc2c[nH]c3ccccc23)CC1. The number of aromatic amines is 1. The minimum absolute atomic E-state index is 0.153. The number of carbonyl (C=O) groups excluding carboxylic acids is 1. The number of nitrogens with zero attached hydrogens (tertiary/aromatic N) is 3. The number of carbonyl (C=O) groups is 1. The molecule has 3 aromatic rings. The third kappa shape index (κ3) is 4.55. The van der Waals surface area contributed by atoms with Gasteiger partial charge in [0.25, 0.3) is 0 Å². The fourth-order valence-corrected chi connectivity index (χ4v) is 4.82. The lowest BCUT2D eigenvalue weighted by molar-refractivity contribution is -0.134. The van der Waals surface area contributed by atoms with Gasteiger partial charge in [0, 0.05) is 47.8 Å². The van der Waals surface area contributed by atoms with Gasteiger partial charge in [0.15, 0.2) is 0 Å². The first-order valence-corrected chi connectivity index (χ1v) is 11.3. The number of benzene rings is 1. The van der Waals surface area contributed by atoms with Crippen LogP contribution < -0.4 is 4.72 Å². The van der Waals surface area contributed by atoms with Crippen LogP contribution >= 0.6 is 11.9 Å². The second-order valence-corrected chi connectivity index (χ2v) is 8.85. The maximum atomic E-state index is 13.3. The van der Waals surface area contributed by atoms with Crippen molar-refractivity contribution in [3.8, 4) is 6.07 Å². The van der Waals surface area contributed by atoms with E-state index in [0.717, 1.165) is 41.7 Å². The van der Waals surface area contributed by atoms with Gasteiger partial charge in [-0.15, -0.1) is 0 Å². The summed E-state index contributed by atoms with van der Waals surface area (Å²) in [6.45, 7) is 4.52. The maximum absolute atomic E-state index is 13.3. The van der Waals surface area contributed by atoms with Crippen LogP contribution in [0, 0.1) is 17.2 Å². The number of piperidine rings is 1. The lowest BCUT2D eigenvalue weighted by Gasteiger charge is -2.33. The number of rotatable bonds is 7. The lowest BCUT2D eigenvalue weighted by Crippen LogP contribution is -2.47. The molecule has 7 heteroatoms. The zero-order chi connectivity index (χ0) is 20.9. The van der Waals surface area contributed by atoms with E-state index in [1.54, 1.807) is 6.07 Å². The highest BCUT2D eigenvalue weighted by atomic mass is 32.2. The Kier molecular flexibility index (Phi) is 6.46. The summed E-state index contributed by atoms with van der Waals surface area (Å²) in [5, 5.41) is 10.4. The smallest absolute Gasteiger partial charge is 0.240 e. The molecule has 0 aliphatic carbocycles. The Balaban J connectivity index is 1.47. The molecule has 30 heavy (non-hydrogen) atoms. The summed E-state index contributed by atoms with van der Waals surface area (Å²) in [6.07, 6.45) is 6.62. The van der Waals surface area contributed by atoms with E-state index in [2.05, 4.69) is 28.8 Å². The number of hydrogen-bond acceptors (Lipinski definition) is 4. The first kappa shape index (κ1) is 20.6. The third-order valence-electron chi connectivity index (χ3n) is 5.86. The van der Waals surface area contributed by atoms with E-state index >= 15 is 0 Å². The number of para-hydroxylation sites is 1. The molecular formula is C23H27N5OS. The Hall–Kier alpha value is -2.69. The molecule has 1 aliphatic rings. The minimum Gasteiger partial charge on any atom is -0.360 e. The van der Waals surface area contributed by atoms with Crippen molar-refractivity contribution in [2.75, 3.05) is 13.1 Å². The van der Waals surface area contributed by atoms with E-state index < -0.39 is 0 Å². The first-order chi connectivity index (χ1) is 14.7. The molecule has 1 amide bonds. The maximum Gasteiger partial charge on any atom is 0.240 e. The van der Waals surface area contributed by atoms with Crippen LogP contribution in [0.3, 0.4) is 0 Å². The molecule has 2 aromatic heterocycles. The molecule has 156 valence electrons. The third-order valence-corrected chi connectivity index (χ3v) is 6.82. The largest absolute Gasteiger partial charge is 0.360 e. The number of fused-ring (bicyclic) bond motifs is 1. The average molecular weight is 422 g/mol. The van der Waals surface area contributed by atoms with Crippen LogP contribution in [0.5, 0.6) is 0 Å². The molecule has 1 saturated heterocycles. The molecule has 0 spiro atoms. The number of hydrogen-bond donors (Lipinski definition) is 2. The molecule has 3 heterocycles. The molecule has 2 N–H and O–H groups in total. The number of nitriles is 1. The van der Waals surface area contributed by atoms with Gasteiger partial charge in [0.05, 0.1) is 6.04 Å². The predicted octanol–water partition coefficient (Wildman–Crippen LogP) is 4.16. The van der Waals surface area contributed by atoms with Crippen LogP contribution in [0.25, 0.3) is 10.9 Å². The summed E-state index contributed by atoms with van der Waals surface area (Å²) in [5.41, 5.74) is 1.71. The zero-order valence-corrected chi connectivity index (χ0v) is 18.0. The monoisotopic (exact) mass is 421 g/mol. The van der Waals surface area contributed by atoms with Crippen molar-refractivity contribution in [1.82, 2.24) is 19.2 Å². The van der Waals surface area contributed by atoms with E-state index in [4.69, 9.17) is 0 Å². The number of amides is 1.